The number of hydrogen-bond donors (Lipinski definition) is 1. The number of benzene rings is 1. The summed E-state index contributed by atoms with van der Waals surface area (Å²) in [5.41, 5.74) is 1.05. The van der Waals surface area contributed by atoms with Gasteiger partial charge in [0.25, 0.3) is 0 Å². The van der Waals surface area contributed by atoms with Crippen molar-refractivity contribution in [1.82, 2.24) is 0 Å². The number of alkyl halides is 1. The van der Waals surface area contributed by atoms with Gasteiger partial charge in [0, 0.05) is 18.3 Å². The van der Waals surface area contributed by atoms with Gasteiger partial charge >= 0.3 is 0 Å². The second-order valence-corrected chi connectivity index (χ2v) is 7.02. The molecule has 2 rings (SSSR count). The Labute approximate surface area is 121 Å². The van der Waals surface area contributed by atoms with Crippen LogP contribution in [0.3, 0.4) is 0 Å². The molecule has 0 aromatic heterocycles. The highest BCUT2D eigenvalue weighted by atomic mass is 79.9. The van der Waals surface area contributed by atoms with Crippen molar-refractivity contribution in [2.24, 2.45) is 5.92 Å². The van der Waals surface area contributed by atoms with E-state index in [9.17, 15) is 13.2 Å². The molecule has 7 heteroatoms. The van der Waals surface area contributed by atoms with Crippen LogP contribution in [0.25, 0.3) is 0 Å². The van der Waals surface area contributed by atoms with E-state index >= 15 is 0 Å². The largest absolute Gasteiger partial charge is 0.310 e. The molecule has 0 saturated carbocycles. The molecule has 1 aromatic rings. The summed E-state index contributed by atoms with van der Waals surface area (Å²) in [7, 11) is -3.36. The molecule has 104 valence electrons. The Kier molecular flexibility index (Phi) is 4.15. The van der Waals surface area contributed by atoms with Crippen LogP contribution in [0.5, 0.6) is 0 Å². The van der Waals surface area contributed by atoms with Crippen LogP contribution in [0.1, 0.15) is 6.42 Å². The molecule has 1 atom stereocenters. The lowest BCUT2D eigenvalue weighted by atomic mass is 10.2. The average molecular weight is 347 g/mol. The van der Waals surface area contributed by atoms with Crippen molar-refractivity contribution in [3.8, 4) is 0 Å². The van der Waals surface area contributed by atoms with Crippen LogP contribution in [-0.4, -0.2) is 32.5 Å². The standard InChI is InChI=1S/C12H15BrN2O3S/c1-19(17,18)14-10-4-2-3-5-11(10)15-8-9(7-13)6-12(15)16/h2-5,9,14H,6-8H2,1H3. The number of carbonyl (C=O) groups excluding carboxylic acids is 1. The van der Waals surface area contributed by atoms with Gasteiger partial charge in [-0.05, 0) is 18.1 Å². The fraction of sp³-hybridized carbons (Fsp3) is 0.417. The molecule has 0 spiro atoms. The summed E-state index contributed by atoms with van der Waals surface area (Å²) >= 11 is 3.38. The number of sulfonamides is 1. The van der Waals surface area contributed by atoms with Crippen molar-refractivity contribution < 1.29 is 13.2 Å². The van der Waals surface area contributed by atoms with Crippen LogP contribution in [-0.2, 0) is 14.8 Å². The van der Waals surface area contributed by atoms with Gasteiger partial charge in [0.1, 0.15) is 0 Å². The molecule has 1 aliphatic rings. The van der Waals surface area contributed by atoms with Crippen molar-refractivity contribution in [2.75, 3.05) is 27.8 Å². The summed E-state index contributed by atoms with van der Waals surface area (Å²) in [6.07, 6.45) is 1.58. The molecule has 1 saturated heterocycles. The number of nitrogens with zero attached hydrogens (tertiary/aromatic N) is 1. The fourth-order valence-electron chi connectivity index (χ4n) is 2.11. The SMILES string of the molecule is CS(=O)(=O)Nc1ccccc1N1CC(CBr)CC1=O. The van der Waals surface area contributed by atoms with Gasteiger partial charge in [0.05, 0.1) is 17.6 Å². The van der Waals surface area contributed by atoms with E-state index < -0.39 is 10.0 Å². The molecule has 1 unspecified atom stereocenters. The Morgan fingerprint density at radius 2 is 2.11 bits per heavy atom. The second kappa shape index (κ2) is 5.50. The molecule has 1 aliphatic heterocycles. The number of hydrogen-bond acceptors (Lipinski definition) is 3. The highest BCUT2D eigenvalue weighted by Crippen LogP contribution is 2.32. The predicted molar refractivity (Wildman–Crippen MR) is 79.2 cm³/mol. The van der Waals surface area contributed by atoms with E-state index in [2.05, 4.69) is 20.7 Å². The third-order valence-electron chi connectivity index (χ3n) is 2.91. The molecule has 19 heavy (non-hydrogen) atoms. The lowest BCUT2D eigenvalue weighted by Gasteiger charge is -2.20. The molecule has 1 amide bonds. The van der Waals surface area contributed by atoms with E-state index in [0.717, 1.165) is 11.6 Å². The van der Waals surface area contributed by atoms with Gasteiger partial charge in [-0.25, -0.2) is 8.42 Å². The van der Waals surface area contributed by atoms with Gasteiger partial charge in [-0.2, -0.15) is 0 Å². The number of anilines is 2. The van der Waals surface area contributed by atoms with Gasteiger partial charge < -0.3 is 4.90 Å². The Morgan fingerprint density at radius 1 is 1.42 bits per heavy atom. The van der Waals surface area contributed by atoms with Gasteiger partial charge in [-0.3, -0.25) is 9.52 Å². The number of para-hydroxylation sites is 2. The van der Waals surface area contributed by atoms with Crippen LogP contribution in [0.15, 0.2) is 24.3 Å². The smallest absolute Gasteiger partial charge is 0.229 e. The highest BCUT2D eigenvalue weighted by molar-refractivity contribution is 9.09. The number of amides is 1. The molecular formula is C12H15BrN2O3S. The lowest BCUT2D eigenvalue weighted by molar-refractivity contribution is -0.117. The van der Waals surface area contributed by atoms with E-state index in [-0.39, 0.29) is 11.8 Å². The molecule has 0 bridgehead atoms. The molecule has 1 fully saturated rings. The van der Waals surface area contributed by atoms with Crippen LogP contribution in [0, 0.1) is 5.92 Å². The molecule has 5 nitrogen and oxygen atoms in total. The zero-order valence-electron chi connectivity index (χ0n) is 10.5. The van der Waals surface area contributed by atoms with Crippen molar-refractivity contribution in [3.63, 3.8) is 0 Å². The summed E-state index contributed by atoms with van der Waals surface area (Å²) in [5.74, 6) is 0.283. The Bertz CT molecular complexity index is 588. The van der Waals surface area contributed by atoms with Gasteiger partial charge in [-0.15, -0.1) is 0 Å². The van der Waals surface area contributed by atoms with E-state index in [4.69, 9.17) is 0 Å². The predicted octanol–water partition coefficient (Wildman–Crippen LogP) is 1.81. The molecule has 0 radical (unpaired) electrons. The van der Waals surface area contributed by atoms with Crippen LogP contribution in [0.4, 0.5) is 11.4 Å². The molecule has 1 N–H and O–H groups in total. The minimum absolute atomic E-state index is 0.0206. The van der Waals surface area contributed by atoms with E-state index in [1.165, 1.54) is 0 Å². The third kappa shape index (κ3) is 3.48. The van der Waals surface area contributed by atoms with Crippen molar-refractivity contribution >= 4 is 43.2 Å². The van der Waals surface area contributed by atoms with Crippen molar-refractivity contribution in [2.45, 2.75) is 6.42 Å². The number of carbonyl (C=O) groups is 1. The van der Waals surface area contributed by atoms with E-state index in [1.807, 2.05) is 0 Å². The zero-order valence-corrected chi connectivity index (χ0v) is 12.9. The third-order valence-corrected chi connectivity index (χ3v) is 4.42. The molecule has 1 aromatic carbocycles. The molecule has 0 aliphatic carbocycles. The topological polar surface area (TPSA) is 66.5 Å². The van der Waals surface area contributed by atoms with E-state index in [0.29, 0.717) is 24.3 Å². The fourth-order valence-corrected chi connectivity index (χ4v) is 3.12. The maximum atomic E-state index is 12.0. The summed E-state index contributed by atoms with van der Waals surface area (Å²) in [5, 5.41) is 0.761. The number of nitrogens with one attached hydrogen (secondary N) is 1. The quantitative estimate of drug-likeness (QED) is 0.845. The Morgan fingerprint density at radius 3 is 2.68 bits per heavy atom. The first-order chi connectivity index (χ1) is 8.90. The minimum Gasteiger partial charge on any atom is -0.310 e. The highest BCUT2D eigenvalue weighted by Gasteiger charge is 2.31. The van der Waals surface area contributed by atoms with Crippen molar-refractivity contribution in [1.29, 1.82) is 0 Å². The zero-order chi connectivity index (χ0) is 14.0. The molecule has 1 heterocycles. The summed E-state index contributed by atoms with van der Waals surface area (Å²) in [6.45, 7) is 0.604. The normalized spacial score (nSPS) is 19.8. The Hall–Kier alpha value is -1.08. The molecular weight excluding hydrogens is 332 g/mol. The first kappa shape index (κ1) is 14.3. The summed E-state index contributed by atoms with van der Waals surface area (Å²) in [6, 6.07) is 6.93. The van der Waals surface area contributed by atoms with Gasteiger partial charge in [0.15, 0.2) is 0 Å². The first-order valence-corrected chi connectivity index (χ1v) is 8.85. The van der Waals surface area contributed by atoms with Crippen LogP contribution < -0.4 is 9.62 Å². The van der Waals surface area contributed by atoms with Gasteiger partial charge in [-0.1, -0.05) is 28.1 Å². The maximum Gasteiger partial charge on any atom is 0.229 e. The average Bonchev–Trinajstić information content (AvgIpc) is 2.69. The number of halogens is 1. The summed E-state index contributed by atoms with van der Waals surface area (Å²) in [4.78, 5) is 13.6. The lowest BCUT2D eigenvalue weighted by Crippen LogP contribution is -2.26. The van der Waals surface area contributed by atoms with Crippen LogP contribution >= 0.6 is 15.9 Å². The van der Waals surface area contributed by atoms with Gasteiger partial charge in [0.2, 0.25) is 15.9 Å². The maximum absolute atomic E-state index is 12.0. The second-order valence-electron chi connectivity index (χ2n) is 4.62. The minimum atomic E-state index is -3.36. The Balaban J connectivity index is 2.32. The van der Waals surface area contributed by atoms with Crippen molar-refractivity contribution in [3.05, 3.63) is 24.3 Å². The first-order valence-electron chi connectivity index (χ1n) is 5.84. The monoisotopic (exact) mass is 346 g/mol. The van der Waals surface area contributed by atoms with E-state index in [1.54, 1.807) is 29.2 Å². The van der Waals surface area contributed by atoms with Crippen LogP contribution in [0.2, 0.25) is 0 Å². The number of rotatable bonds is 4. The summed E-state index contributed by atoms with van der Waals surface area (Å²) < 4.78 is 25.1.